The van der Waals surface area contributed by atoms with Crippen LogP contribution < -0.4 is 29.6 Å². The summed E-state index contributed by atoms with van der Waals surface area (Å²) in [4.78, 5) is 1.79. The molecule has 0 aromatic carbocycles. The molecule has 0 amide bonds. The second kappa shape index (κ2) is 8.04. The van der Waals surface area contributed by atoms with Gasteiger partial charge in [-0.3, -0.25) is 9.45 Å². The van der Waals surface area contributed by atoms with Gasteiger partial charge in [-0.1, -0.05) is 0 Å². The first-order chi connectivity index (χ1) is 5.87. The first kappa shape index (κ1) is 17.2. The number of hydrogen-bond donors (Lipinski definition) is 2. The number of rotatable bonds is 6. The Balaban J connectivity index is -0.000000720. The van der Waals surface area contributed by atoms with Gasteiger partial charge < -0.3 is 6.53 Å². The topological polar surface area (TPSA) is 77.8 Å². The molecular weight excluding hydrogens is 217 g/mol. The summed E-state index contributed by atoms with van der Waals surface area (Å²) in [5.41, 5.74) is 0. The van der Waals surface area contributed by atoms with Gasteiger partial charge in [0.25, 0.3) is 10.1 Å². The van der Waals surface area contributed by atoms with E-state index in [4.69, 9.17) is 9.66 Å². The number of nitrogens with zero attached hydrogens (tertiary/aromatic N) is 1. The van der Waals surface area contributed by atoms with Crippen molar-refractivity contribution >= 4 is 10.1 Å². The third kappa shape index (κ3) is 9.39. The number of aliphatic hydroxyl groups excluding tert-OH is 1. The number of aliphatic hydroxyl groups is 1. The molecule has 2 N–H and O–H groups in total. The van der Waals surface area contributed by atoms with Gasteiger partial charge in [-0.15, -0.1) is 0 Å². The van der Waals surface area contributed by atoms with Crippen LogP contribution in [0.2, 0.25) is 0 Å². The van der Waals surface area contributed by atoms with Crippen molar-refractivity contribution < 1.29 is 49.1 Å². The summed E-state index contributed by atoms with van der Waals surface area (Å²) in [5.74, 6) is -0.287. The Kier molecular flexibility index (Phi) is 9.89. The summed E-state index contributed by atoms with van der Waals surface area (Å²) in [6.45, 7) is 4.47. The van der Waals surface area contributed by atoms with Crippen molar-refractivity contribution in [3.05, 3.63) is 0 Å². The van der Waals surface area contributed by atoms with Gasteiger partial charge in [-0.2, -0.15) is 8.42 Å². The molecule has 7 heteroatoms. The van der Waals surface area contributed by atoms with Crippen LogP contribution in [-0.4, -0.2) is 54.5 Å². The van der Waals surface area contributed by atoms with Crippen LogP contribution in [0.25, 0.3) is 0 Å². The van der Waals surface area contributed by atoms with Crippen LogP contribution in [0.15, 0.2) is 0 Å². The van der Waals surface area contributed by atoms with E-state index in [1.165, 1.54) is 0 Å². The van der Waals surface area contributed by atoms with Gasteiger partial charge in [0.05, 0.1) is 12.4 Å². The third-order valence-corrected chi connectivity index (χ3v) is 2.45. The molecule has 0 saturated carbocycles. The molecule has 0 fully saturated rings. The average molecular weight is 235 g/mol. The predicted molar refractivity (Wildman–Crippen MR) is 51.3 cm³/mol. The molecule has 0 aliphatic rings. The third-order valence-electron chi connectivity index (χ3n) is 1.75. The summed E-state index contributed by atoms with van der Waals surface area (Å²) in [6.07, 6.45) is 0. The molecular formula is C7H18NNaO4S. The van der Waals surface area contributed by atoms with Crippen molar-refractivity contribution in [1.82, 2.24) is 4.90 Å². The summed E-state index contributed by atoms with van der Waals surface area (Å²) in [7, 11) is -3.89. The molecule has 0 aromatic heterocycles. The molecule has 0 atom stereocenters. The van der Waals surface area contributed by atoms with Gasteiger partial charge in [0.2, 0.25) is 0 Å². The minimum atomic E-state index is -3.89. The zero-order valence-corrected chi connectivity index (χ0v) is 11.8. The first-order valence-corrected chi connectivity index (χ1v) is 5.78. The molecule has 0 heterocycles. The number of hydrogen-bond acceptors (Lipinski definition) is 4. The van der Waals surface area contributed by atoms with Gasteiger partial charge >= 0.3 is 29.6 Å². The molecule has 0 rings (SSSR count). The Morgan fingerprint density at radius 2 is 1.86 bits per heavy atom. The van der Waals surface area contributed by atoms with Crippen LogP contribution in [-0.2, 0) is 10.1 Å². The molecule has 0 aliphatic heterocycles. The summed E-state index contributed by atoms with van der Waals surface area (Å²) < 4.78 is 29.4. The molecule has 0 radical (unpaired) electrons. The van der Waals surface area contributed by atoms with E-state index in [1.807, 2.05) is 13.8 Å². The predicted octanol–water partition coefficient (Wildman–Crippen LogP) is -3.31. The van der Waals surface area contributed by atoms with Gasteiger partial charge in [0, 0.05) is 19.1 Å². The van der Waals surface area contributed by atoms with E-state index in [0.717, 1.165) is 0 Å². The minimum Gasteiger partial charge on any atom is -1.00 e. The second-order valence-electron chi connectivity index (χ2n) is 3.14. The SMILES string of the molecule is CC(C)N(CCO)CCS(=O)(=O)O.[H-].[Na+]. The van der Waals surface area contributed by atoms with Crippen LogP contribution in [0.5, 0.6) is 0 Å². The molecule has 82 valence electrons. The fourth-order valence-corrected chi connectivity index (χ4v) is 1.45. The van der Waals surface area contributed by atoms with Crippen molar-refractivity contribution in [1.29, 1.82) is 0 Å². The van der Waals surface area contributed by atoms with E-state index in [0.29, 0.717) is 6.54 Å². The maximum absolute atomic E-state index is 10.4. The monoisotopic (exact) mass is 235 g/mol. The second-order valence-corrected chi connectivity index (χ2v) is 4.71. The minimum absolute atomic E-state index is 0. The fraction of sp³-hybridized carbons (Fsp3) is 1.00. The normalized spacial score (nSPS) is 11.9. The Morgan fingerprint density at radius 3 is 2.14 bits per heavy atom. The molecule has 5 nitrogen and oxygen atoms in total. The van der Waals surface area contributed by atoms with Gasteiger partial charge in [-0.25, -0.2) is 0 Å². The zero-order valence-electron chi connectivity index (χ0n) is 9.97. The molecule has 0 bridgehead atoms. The van der Waals surface area contributed by atoms with E-state index >= 15 is 0 Å². The van der Waals surface area contributed by atoms with E-state index < -0.39 is 10.1 Å². The maximum Gasteiger partial charge on any atom is 1.00 e. The Morgan fingerprint density at radius 1 is 1.36 bits per heavy atom. The molecule has 14 heavy (non-hydrogen) atoms. The molecule has 0 aromatic rings. The van der Waals surface area contributed by atoms with Crippen LogP contribution in [0.3, 0.4) is 0 Å². The molecule has 0 aliphatic carbocycles. The van der Waals surface area contributed by atoms with E-state index in [9.17, 15) is 8.42 Å². The van der Waals surface area contributed by atoms with Crippen LogP contribution >= 0.6 is 0 Å². The van der Waals surface area contributed by atoms with E-state index in [-0.39, 0.29) is 55.9 Å². The molecule has 0 spiro atoms. The van der Waals surface area contributed by atoms with Crippen molar-refractivity contribution in [3.8, 4) is 0 Å². The van der Waals surface area contributed by atoms with Crippen LogP contribution in [0.4, 0.5) is 0 Å². The summed E-state index contributed by atoms with van der Waals surface area (Å²) >= 11 is 0. The quantitative estimate of drug-likeness (QED) is 0.372. The van der Waals surface area contributed by atoms with Crippen molar-refractivity contribution in [2.45, 2.75) is 19.9 Å². The summed E-state index contributed by atoms with van der Waals surface area (Å²) in [5, 5.41) is 8.66. The first-order valence-electron chi connectivity index (χ1n) is 4.17. The maximum atomic E-state index is 10.4. The van der Waals surface area contributed by atoms with Crippen LogP contribution in [0.1, 0.15) is 15.3 Å². The standard InChI is InChI=1S/C7H17NO4S.Na.H/c1-7(2)8(3-5-9)4-6-13(10,11)12;;/h7,9H,3-6H2,1-2H3,(H,10,11,12);;/q;+1;-1. The van der Waals surface area contributed by atoms with Gasteiger partial charge in [0.15, 0.2) is 0 Å². The van der Waals surface area contributed by atoms with E-state index in [2.05, 4.69) is 0 Å². The van der Waals surface area contributed by atoms with Crippen LogP contribution in [0, 0.1) is 0 Å². The Hall–Kier alpha value is 0.830. The Bertz CT molecular complexity index is 235. The van der Waals surface area contributed by atoms with Gasteiger partial charge in [0.1, 0.15) is 0 Å². The van der Waals surface area contributed by atoms with Crippen molar-refractivity contribution in [3.63, 3.8) is 0 Å². The largest absolute Gasteiger partial charge is 1.00 e. The average Bonchev–Trinajstić information content (AvgIpc) is 1.95. The summed E-state index contributed by atoms with van der Waals surface area (Å²) in [6, 6.07) is 0.161. The van der Waals surface area contributed by atoms with Crippen molar-refractivity contribution in [2.75, 3.05) is 25.4 Å². The van der Waals surface area contributed by atoms with Crippen molar-refractivity contribution in [2.24, 2.45) is 0 Å². The smallest absolute Gasteiger partial charge is 1.00 e. The molecule has 0 unspecified atom stereocenters. The van der Waals surface area contributed by atoms with Gasteiger partial charge in [-0.05, 0) is 13.8 Å². The Labute approximate surface area is 109 Å². The molecule has 0 saturated heterocycles. The fourth-order valence-electron chi connectivity index (χ4n) is 0.989. The zero-order chi connectivity index (χ0) is 10.5. The van der Waals surface area contributed by atoms with E-state index in [1.54, 1.807) is 4.90 Å².